The van der Waals surface area contributed by atoms with Gasteiger partial charge in [0.25, 0.3) is 11.8 Å². The van der Waals surface area contributed by atoms with Gasteiger partial charge in [-0.2, -0.15) is 5.26 Å². The Balaban J connectivity index is 1.67. The van der Waals surface area contributed by atoms with E-state index in [9.17, 15) is 14.9 Å². The third-order valence-electron chi connectivity index (χ3n) is 6.41. The van der Waals surface area contributed by atoms with E-state index in [0.29, 0.717) is 38.8 Å². The summed E-state index contributed by atoms with van der Waals surface area (Å²) in [5, 5.41) is 15.7. The molecule has 0 radical (unpaired) electrons. The molecule has 3 rings (SSSR count). The molecular formula is C27H30Cl2N4O3SSi. The molecule has 0 bridgehead atoms. The lowest BCUT2D eigenvalue weighted by atomic mass is 10.1. The summed E-state index contributed by atoms with van der Waals surface area (Å²) >= 11 is 13.2. The number of nitrogens with one attached hydrogen (secondary N) is 2. The lowest BCUT2D eigenvalue weighted by Gasteiger charge is -2.36. The van der Waals surface area contributed by atoms with Crippen LogP contribution in [0.25, 0.3) is 0 Å². The summed E-state index contributed by atoms with van der Waals surface area (Å²) < 4.78 is 6.68. The number of nitrogens with zero attached hydrogens (tertiary/aromatic N) is 2. The minimum absolute atomic E-state index is 0.0920. The summed E-state index contributed by atoms with van der Waals surface area (Å²) in [7, 11) is -1.91. The number of nitriles is 1. The molecule has 0 saturated heterocycles. The van der Waals surface area contributed by atoms with Gasteiger partial charge in [0.05, 0.1) is 39.3 Å². The minimum atomic E-state index is -1.91. The standard InChI is InChI=1S/C27H30Cl2N4O3SSi/c1-27(2,3)38(4,5)36-15-14-33(17-30)20-9-7-19(8-10-20)31-25(34)21-11-6-18(28)16-22(21)32-26(35)23-12-13-24(29)37-23/h6-13,16H,14-15H2,1-5H3,(H,31,34)(H,32,35). The third-order valence-corrected chi connectivity index (χ3v) is 12.4. The number of rotatable bonds is 9. The van der Waals surface area contributed by atoms with Crippen LogP contribution in [0, 0.1) is 11.5 Å². The topological polar surface area (TPSA) is 94.5 Å². The number of hydrogen-bond acceptors (Lipinski definition) is 6. The molecule has 0 aliphatic rings. The number of carbonyl (C=O) groups excluding carboxylic acids is 2. The zero-order valence-corrected chi connectivity index (χ0v) is 25.2. The lowest BCUT2D eigenvalue weighted by molar-refractivity contribution is 0.102. The molecule has 2 N–H and O–H groups in total. The van der Waals surface area contributed by atoms with Crippen molar-refractivity contribution in [3.8, 4) is 6.19 Å². The predicted molar refractivity (Wildman–Crippen MR) is 159 cm³/mol. The van der Waals surface area contributed by atoms with Crippen LogP contribution in [-0.4, -0.2) is 33.3 Å². The second kappa shape index (κ2) is 12.3. The van der Waals surface area contributed by atoms with Gasteiger partial charge in [0, 0.05) is 10.7 Å². The maximum absolute atomic E-state index is 13.1. The maximum atomic E-state index is 13.1. The number of benzene rings is 2. The summed E-state index contributed by atoms with van der Waals surface area (Å²) in [6.45, 7) is 11.8. The Bertz CT molecular complexity index is 1350. The molecule has 38 heavy (non-hydrogen) atoms. The van der Waals surface area contributed by atoms with Crippen LogP contribution >= 0.6 is 34.5 Å². The van der Waals surface area contributed by atoms with Crippen molar-refractivity contribution in [1.82, 2.24) is 0 Å². The molecule has 0 aliphatic heterocycles. The Morgan fingerprint density at radius 3 is 2.29 bits per heavy atom. The average Bonchev–Trinajstić information content (AvgIpc) is 3.28. The van der Waals surface area contributed by atoms with Crippen LogP contribution in [0.1, 0.15) is 40.8 Å². The quantitative estimate of drug-likeness (QED) is 0.151. The van der Waals surface area contributed by atoms with Gasteiger partial charge >= 0.3 is 0 Å². The van der Waals surface area contributed by atoms with E-state index in [-0.39, 0.29) is 16.3 Å². The third kappa shape index (κ3) is 7.59. The van der Waals surface area contributed by atoms with Crippen LogP contribution in [0.4, 0.5) is 17.1 Å². The number of anilines is 3. The molecule has 200 valence electrons. The van der Waals surface area contributed by atoms with Crippen molar-refractivity contribution in [2.45, 2.75) is 38.9 Å². The highest BCUT2D eigenvalue weighted by molar-refractivity contribution is 7.18. The van der Waals surface area contributed by atoms with Crippen molar-refractivity contribution in [3.05, 3.63) is 74.4 Å². The Hall–Kier alpha value is -2.87. The second-order valence-corrected chi connectivity index (χ2v) is 17.1. The smallest absolute Gasteiger partial charge is 0.265 e. The van der Waals surface area contributed by atoms with Crippen molar-refractivity contribution >= 4 is 71.7 Å². The predicted octanol–water partition coefficient (Wildman–Crippen LogP) is 7.87. The lowest BCUT2D eigenvalue weighted by Crippen LogP contribution is -2.42. The van der Waals surface area contributed by atoms with Crippen LogP contribution in [0.2, 0.25) is 27.5 Å². The first kappa shape index (κ1) is 29.7. The largest absolute Gasteiger partial charge is 0.415 e. The van der Waals surface area contributed by atoms with Gasteiger partial charge < -0.3 is 15.1 Å². The van der Waals surface area contributed by atoms with E-state index in [2.05, 4.69) is 50.7 Å². The van der Waals surface area contributed by atoms with Gasteiger partial charge in [-0.1, -0.05) is 44.0 Å². The van der Waals surface area contributed by atoms with Gasteiger partial charge in [-0.05, 0) is 72.7 Å². The van der Waals surface area contributed by atoms with Gasteiger partial charge in [0.1, 0.15) is 0 Å². The number of thiophene rings is 1. The molecule has 2 aromatic carbocycles. The first-order valence-electron chi connectivity index (χ1n) is 11.9. The number of hydrogen-bond donors (Lipinski definition) is 2. The van der Waals surface area contributed by atoms with E-state index in [0.717, 1.165) is 11.3 Å². The van der Waals surface area contributed by atoms with E-state index in [1.54, 1.807) is 53.4 Å². The average molecular weight is 590 g/mol. The summed E-state index contributed by atoms with van der Waals surface area (Å²) in [6, 6.07) is 14.8. The van der Waals surface area contributed by atoms with Crippen molar-refractivity contribution in [3.63, 3.8) is 0 Å². The van der Waals surface area contributed by atoms with E-state index >= 15 is 0 Å². The molecule has 0 aliphatic carbocycles. The van der Waals surface area contributed by atoms with Crippen molar-refractivity contribution in [2.24, 2.45) is 0 Å². The SMILES string of the molecule is CC(C)(C)[Si](C)(C)OCCN(C#N)c1ccc(NC(=O)c2ccc(Cl)cc2NC(=O)c2ccc(Cl)s2)cc1. The Kier molecular flexibility index (Phi) is 9.63. The molecule has 0 fully saturated rings. The number of halogens is 2. The number of amides is 2. The van der Waals surface area contributed by atoms with Crippen LogP contribution in [0.5, 0.6) is 0 Å². The van der Waals surface area contributed by atoms with Gasteiger partial charge in [-0.25, -0.2) is 0 Å². The summed E-state index contributed by atoms with van der Waals surface area (Å²) in [5.41, 5.74) is 1.75. The fraction of sp³-hybridized carbons (Fsp3) is 0.296. The number of carbonyl (C=O) groups is 2. The molecule has 0 spiro atoms. The van der Waals surface area contributed by atoms with Crippen molar-refractivity contribution in [2.75, 3.05) is 28.7 Å². The van der Waals surface area contributed by atoms with E-state index < -0.39 is 20.1 Å². The molecule has 1 aromatic heterocycles. The van der Waals surface area contributed by atoms with Gasteiger partial charge in [0.2, 0.25) is 0 Å². The van der Waals surface area contributed by atoms with Crippen LogP contribution < -0.4 is 15.5 Å². The zero-order valence-electron chi connectivity index (χ0n) is 21.9. The van der Waals surface area contributed by atoms with Gasteiger partial charge in [-0.3, -0.25) is 14.5 Å². The van der Waals surface area contributed by atoms with Crippen LogP contribution in [0.3, 0.4) is 0 Å². The molecule has 11 heteroatoms. The fourth-order valence-corrected chi connectivity index (χ4v) is 5.35. The highest BCUT2D eigenvalue weighted by Gasteiger charge is 2.37. The van der Waals surface area contributed by atoms with E-state index in [1.165, 1.54) is 6.07 Å². The Labute approximate surface area is 238 Å². The van der Waals surface area contributed by atoms with E-state index in [4.69, 9.17) is 27.6 Å². The van der Waals surface area contributed by atoms with Crippen molar-refractivity contribution < 1.29 is 14.0 Å². The molecule has 1 heterocycles. The van der Waals surface area contributed by atoms with Gasteiger partial charge in [0.15, 0.2) is 14.5 Å². The first-order chi connectivity index (χ1) is 17.8. The molecule has 0 atom stereocenters. The molecule has 0 saturated carbocycles. The second-order valence-electron chi connectivity index (χ2n) is 10.1. The zero-order chi connectivity index (χ0) is 28.1. The molecule has 3 aromatic rings. The molecule has 2 amide bonds. The molecule has 7 nitrogen and oxygen atoms in total. The monoisotopic (exact) mass is 588 g/mol. The fourth-order valence-electron chi connectivity index (χ4n) is 3.21. The van der Waals surface area contributed by atoms with E-state index in [1.807, 2.05) is 0 Å². The summed E-state index contributed by atoms with van der Waals surface area (Å²) in [5.74, 6) is -0.814. The normalized spacial score (nSPS) is 11.5. The summed E-state index contributed by atoms with van der Waals surface area (Å²) in [6.07, 6.45) is 2.20. The molecule has 0 unspecified atom stereocenters. The maximum Gasteiger partial charge on any atom is 0.265 e. The highest BCUT2D eigenvalue weighted by Crippen LogP contribution is 2.36. The minimum Gasteiger partial charge on any atom is -0.415 e. The highest BCUT2D eigenvalue weighted by atomic mass is 35.5. The van der Waals surface area contributed by atoms with Gasteiger partial charge in [-0.15, -0.1) is 11.3 Å². The van der Waals surface area contributed by atoms with Crippen molar-refractivity contribution in [1.29, 1.82) is 5.26 Å². The Morgan fingerprint density at radius 1 is 1.03 bits per heavy atom. The van der Waals surface area contributed by atoms with Crippen LogP contribution in [0.15, 0.2) is 54.6 Å². The summed E-state index contributed by atoms with van der Waals surface area (Å²) in [4.78, 5) is 27.6. The first-order valence-corrected chi connectivity index (χ1v) is 16.4. The Morgan fingerprint density at radius 2 is 1.71 bits per heavy atom. The van der Waals surface area contributed by atoms with Crippen LogP contribution in [-0.2, 0) is 4.43 Å². The molecular weight excluding hydrogens is 559 g/mol.